The molecule has 2 atom stereocenters. The summed E-state index contributed by atoms with van der Waals surface area (Å²) in [4.78, 5) is 16.9. The summed E-state index contributed by atoms with van der Waals surface area (Å²) in [5.41, 5.74) is 6.70. The van der Waals surface area contributed by atoms with Crippen LogP contribution in [0.1, 0.15) is 30.3 Å². The van der Waals surface area contributed by atoms with Gasteiger partial charge in [-0.25, -0.2) is 0 Å². The van der Waals surface area contributed by atoms with Crippen LogP contribution in [0.15, 0.2) is 18.3 Å². The Morgan fingerprint density at radius 2 is 2.50 bits per heavy atom. The van der Waals surface area contributed by atoms with Gasteiger partial charge in [0.25, 0.3) is 5.91 Å². The lowest BCUT2D eigenvalue weighted by molar-refractivity contribution is 0.0644. The fourth-order valence-electron chi connectivity index (χ4n) is 2.30. The molecule has 3 N–H and O–H groups in total. The van der Waals surface area contributed by atoms with Crippen molar-refractivity contribution in [1.29, 1.82) is 0 Å². The van der Waals surface area contributed by atoms with Crippen LogP contribution in [0.5, 0.6) is 0 Å². The zero-order chi connectivity index (χ0) is 11.5. The topological polar surface area (TPSA) is 62.1 Å². The Kier molecular flexibility index (Phi) is 3.29. The molecule has 16 heavy (non-hydrogen) atoms. The molecule has 2 heterocycles. The van der Waals surface area contributed by atoms with Gasteiger partial charge >= 0.3 is 0 Å². The molecule has 0 saturated carbocycles. The average molecular weight is 221 g/mol. The van der Waals surface area contributed by atoms with Gasteiger partial charge < -0.3 is 15.6 Å². The molecule has 2 rings (SSSR count). The van der Waals surface area contributed by atoms with Gasteiger partial charge in [0.2, 0.25) is 0 Å². The Morgan fingerprint density at radius 3 is 3.12 bits per heavy atom. The van der Waals surface area contributed by atoms with E-state index in [9.17, 15) is 4.79 Å². The largest absolute Gasteiger partial charge is 0.357 e. The maximum atomic E-state index is 12.1. The summed E-state index contributed by atoms with van der Waals surface area (Å²) in [6, 6.07) is 3.91. The van der Waals surface area contributed by atoms with E-state index in [1.165, 1.54) is 0 Å². The first kappa shape index (κ1) is 11.2. The average Bonchev–Trinajstić information content (AvgIpc) is 2.82. The summed E-state index contributed by atoms with van der Waals surface area (Å²) in [6.45, 7) is 3.69. The van der Waals surface area contributed by atoms with E-state index >= 15 is 0 Å². The van der Waals surface area contributed by atoms with E-state index in [0.717, 1.165) is 25.9 Å². The summed E-state index contributed by atoms with van der Waals surface area (Å²) < 4.78 is 0. The van der Waals surface area contributed by atoms with Crippen LogP contribution in [0.2, 0.25) is 0 Å². The Morgan fingerprint density at radius 1 is 1.69 bits per heavy atom. The molecule has 0 bridgehead atoms. The lowest BCUT2D eigenvalue weighted by Crippen LogP contribution is -2.49. The van der Waals surface area contributed by atoms with E-state index in [2.05, 4.69) is 11.9 Å². The molecule has 0 aliphatic carbocycles. The number of carbonyl (C=O) groups excluding carboxylic acids is 1. The van der Waals surface area contributed by atoms with Gasteiger partial charge in [-0.3, -0.25) is 4.79 Å². The molecule has 1 amide bonds. The number of likely N-dealkylation sites (tertiary alicyclic amines) is 1. The van der Waals surface area contributed by atoms with Gasteiger partial charge in [0.1, 0.15) is 5.69 Å². The molecular weight excluding hydrogens is 202 g/mol. The first-order chi connectivity index (χ1) is 7.72. The molecule has 0 radical (unpaired) electrons. The van der Waals surface area contributed by atoms with Crippen LogP contribution in [0.25, 0.3) is 0 Å². The molecule has 4 nitrogen and oxygen atoms in total. The van der Waals surface area contributed by atoms with Crippen molar-refractivity contribution in [2.24, 2.45) is 11.7 Å². The number of carbonyl (C=O) groups is 1. The van der Waals surface area contributed by atoms with E-state index in [1.807, 2.05) is 17.0 Å². The van der Waals surface area contributed by atoms with Crippen molar-refractivity contribution in [3.05, 3.63) is 24.0 Å². The fourth-order valence-corrected chi connectivity index (χ4v) is 2.30. The lowest BCUT2D eigenvalue weighted by atomic mass is 9.90. The predicted molar refractivity (Wildman–Crippen MR) is 63.1 cm³/mol. The summed E-state index contributed by atoms with van der Waals surface area (Å²) in [6.07, 6.45) is 3.72. The van der Waals surface area contributed by atoms with Gasteiger partial charge in [0, 0.05) is 25.3 Å². The van der Waals surface area contributed by atoms with Crippen LogP contribution in [0.3, 0.4) is 0 Å². The number of nitrogens with zero attached hydrogens (tertiary/aromatic N) is 1. The maximum Gasteiger partial charge on any atom is 0.270 e. The summed E-state index contributed by atoms with van der Waals surface area (Å²) in [5, 5.41) is 0. The molecule has 2 unspecified atom stereocenters. The highest BCUT2D eigenvalue weighted by Crippen LogP contribution is 2.19. The summed E-state index contributed by atoms with van der Waals surface area (Å²) in [5.74, 6) is 0.531. The van der Waals surface area contributed by atoms with Crippen LogP contribution in [0, 0.1) is 5.92 Å². The van der Waals surface area contributed by atoms with Gasteiger partial charge in [-0.05, 0) is 24.5 Å². The van der Waals surface area contributed by atoms with Gasteiger partial charge in [-0.2, -0.15) is 0 Å². The number of H-pyrrole nitrogens is 1. The maximum absolute atomic E-state index is 12.1. The smallest absolute Gasteiger partial charge is 0.270 e. The van der Waals surface area contributed by atoms with E-state index in [-0.39, 0.29) is 11.9 Å². The lowest BCUT2D eigenvalue weighted by Gasteiger charge is -2.36. The summed E-state index contributed by atoms with van der Waals surface area (Å²) in [7, 11) is 0. The highest BCUT2D eigenvalue weighted by molar-refractivity contribution is 5.92. The molecule has 1 saturated heterocycles. The molecule has 88 valence electrons. The molecule has 1 aromatic rings. The van der Waals surface area contributed by atoms with Crippen LogP contribution in [-0.4, -0.2) is 34.9 Å². The molecular formula is C12H19N3O. The van der Waals surface area contributed by atoms with Gasteiger partial charge in [0.05, 0.1) is 0 Å². The van der Waals surface area contributed by atoms with Crippen molar-refractivity contribution in [2.45, 2.75) is 25.8 Å². The van der Waals surface area contributed by atoms with E-state index < -0.39 is 0 Å². The number of rotatable bonds is 2. The van der Waals surface area contributed by atoms with Crippen molar-refractivity contribution in [1.82, 2.24) is 9.88 Å². The van der Waals surface area contributed by atoms with Gasteiger partial charge in [-0.1, -0.05) is 13.3 Å². The van der Waals surface area contributed by atoms with Crippen LogP contribution >= 0.6 is 0 Å². The second-order valence-corrected chi connectivity index (χ2v) is 4.46. The van der Waals surface area contributed by atoms with E-state index in [0.29, 0.717) is 11.6 Å². The summed E-state index contributed by atoms with van der Waals surface area (Å²) >= 11 is 0. The van der Waals surface area contributed by atoms with Crippen molar-refractivity contribution in [3.63, 3.8) is 0 Å². The molecule has 4 heteroatoms. The Labute approximate surface area is 95.8 Å². The normalized spacial score (nSPS) is 25.8. The van der Waals surface area contributed by atoms with Crippen molar-refractivity contribution in [3.8, 4) is 0 Å². The molecule has 1 aromatic heterocycles. The zero-order valence-corrected chi connectivity index (χ0v) is 9.65. The number of nitrogens with one attached hydrogen (secondary N) is 1. The number of piperidine rings is 1. The zero-order valence-electron chi connectivity index (χ0n) is 9.65. The predicted octanol–water partition coefficient (Wildman–Crippen LogP) is 1.21. The second kappa shape index (κ2) is 4.70. The fraction of sp³-hybridized carbons (Fsp3) is 0.583. The van der Waals surface area contributed by atoms with E-state index in [4.69, 9.17) is 5.73 Å². The second-order valence-electron chi connectivity index (χ2n) is 4.46. The van der Waals surface area contributed by atoms with Crippen LogP contribution in [0.4, 0.5) is 0 Å². The third-order valence-electron chi connectivity index (χ3n) is 3.43. The Balaban J connectivity index is 2.03. The first-order valence-corrected chi connectivity index (χ1v) is 5.90. The molecule has 1 fully saturated rings. The van der Waals surface area contributed by atoms with Crippen molar-refractivity contribution >= 4 is 5.91 Å². The minimum absolute atomic E-state index is 0.0929. The highest BCUT2D eigenvalue weighted by atomic mass is 16.2. The monoisotopic (exact) mass is 221 g/mol. The Bertz CT molecular complexity index is 347. The number of hydrogen-bond acceptors (Lipinski definition) is 2. The molecule has 0 spiro atoms. The number of aromatic nitrogens is 1. The van der Waals surface area contributed by atoms with Crippen molar-refractivity contribution in [2.75, 3.05) is 13.1 Å². The standard InChI is InChI=1S/C12H19N3O/c1-2-9-8-15(7-5-10(9)13)12(16)11-4-3-6-14-11/h3-4,6,9-10,14H,2,5,7-8,13H2,1H3. The molecule has 1 aliphatic rings. The number of nitrogens with two attached hydrogens (primary N) is 1. The third kappa shape index (κ3) is 2.11. The number of aromatic amines is 1. The number of hydrogen-bond donors (Lipinski definition) is 2. The minimum atomic E-state index is 0.0929. The SMILES string of the molecule is CCC1CN(C(=O)c2ccc[nH]2)CCC1N. The highest BCUT2D eigenvalue weighted by Gasteiger charge is 2.28. The van der Waals surface area contributed by atoms with Gasteiger partial charge in [0.15, 0.2) is 0 Å². The molecule has 0 aromatic carbocycles. The minimum Gasteiger partial charge on any atom is -0.357 e. The third-order valence-corrected chi connectivity index (χ3v) is 3.43. The van der Waals surface area contributed by atoms with Crippen molar-refractivity contribution < 1.29 is 4.79 Å². The number of amides is 1. The van der Waals surface area contributed by atoms with E-state index in [1.54, 1.807) is 6.20 Å². The first-order valence-electron chi connectivity index (χ1n) is 5.90. The molecule has 1 aliphatic heterocycles. The Hall–Kier alpha value is -1.29. The van der Waals surface area contributed by atoms with Crippen LogP contribution < -0.4 is 5.73 Å². The van der Waals surface area contributed by atoms with Crippen LogP contribution in [-0.2, 0) is 0 Å². The quantitative estimate of drug-likeness (QED) is 0.788. The van der Waals surface area contributed by atoms with Gasteiger partial charge in [-0.15, -0.1) is 0 Å².